The average molecular weight is 208 g/mol. The van der Waals surface area contributed by atoms with Gasteiger partial charge in [-0.1, -0.05) is 0 Å². The Morgan fingerprint density at radius 2 is 2.33 bits per heavy atom. The fraction of sp³-hybridized carbons (Fsp3) is 0.444. The number of carbonyl (C=O) groups excluding carboxylic acids is 1. The van der Waals surface area contributed by atoms with Gasteiger partial charge in [-0.25, -0.2) is 9.97 Å². The number of hydrogen-bond acceptors (Lipinski definition) is 5. The lowest BCUT2D eigenvalue weighted by molar-refractivity contribution is -0.117. The molecule has 0 aliphatic heterocycles. The van der Waals surface area contributed by atoms with Crippen LogP contribution < -0.4 is 15.8 Å². The van der Waals surface area contributed by atoms with Crippen molar-refractivity contribution in [3.63, 3.8) is 0 Å². The second-order valence-corrected chi connectivity index (χ2v) is 3.40. The molecule has 0 atom stereocenters. The van der Waals surface area contributed by atoms with E-state index >= 15 is 0 Å². The Kier molecular flexibility index (Phi) is 2.40. The van der Waals surface area contributed by atoms with Crippen LogP contribution in [-0.4, -0.2) is 23.0 Å². The maximum Gasteiger partial charge on any atom is 0.228 e. The van der Waals surface area contributed by atoms with Crippen molar-refractivity contribution in [1.29, 1.82) is 0 Å². The molecule has 1 aliphatic carbocycles. The zero-order valence-corrected chi connectivity index (χ0v) is 8.36. The molecule has 2 rings (SSSR count). The molecule has 1 saturated carbocycles. The van der Waals surface area contributed by atoms with E-state index in [0.29, 0.717) is 11.6 Å². The van der Waals surface area contributed by atoms with Gasteiger partial charge in [-0.05, 0) is 12.8 Å². The Morgan fingerprint density at radius 3 is 2.93 bits per heavy atom. The van der Waals surface area contributed by atoms with E-state index in [-0.39, 0.29) is 17.6 Å². The minimum Gasteiger partial charge on any atom is -0.490 e. The molecule has 1 aromatic heterocycles. The summed E-state index contributed by atoms with van der Waals surface area (Å²) in [7, 11) is 1.46. The lowest BCUT2D eigenvalue weighted by atomic mass is 10.4. The molecular formula is C9H12N4O2. The number of nitrogen functional groups attached to an aromatic ring is 1. The topological polar surface area (TPSA) is 90.1 Å². The standard InChI is InChI=1S/C9H12N4O2/c1-15-6-7(10)11-4-12-8(6)13-9(14)5-2-3-5/h4-5H,2-3H2,1H3,(H3,10,11,12,13,14). The van der Waals surface area contributed by atoms with Gasteiger partial charge in [0, 0.05) is 5.92 Å². The van der Waals surface area contributed by atoms with E-state index in [4.69, 9.17) is 10.5 Å². The van der Waals surface area contributed by atoms with Gasteiger partial charge in [0.25, 0.3) is 0 Å². The van der Waals surface area contributed by atoms with Crippen LogP contribution in [0.4, 0.5) is 11.6 Å². The molecule has 1 amide bonds. The number of methoxy groups -OCH3 is 1. The van der Waals surface area contributed by atoms with Gasteiger partial charge in [-0.2, -0.15) is 0 Å². The number of aromatic nitrogens is 2. The predicted octanol–water partition coefficient (Wildman–Crippen LogP) is 0.416. The highest BCUT2D eigenvalue weighted by Gasteiger charge is 2.30. The number of ether oxygens (including phenoxy) is 1. The van der Waals surface area contributed by atoms with Crippen LogP contribution >= 0.6 is 0 Å². The first-order valence-electron chi connectivity index (χ1n) is 4.67. The monoisotopic (exact) mass is 208 g/mol. The first-order valence-corrected chi connectivity index (χ1v) is 4.67. The van der Waals surface area contributed by atoms with Gasteiger partial charge in [-0.3, -0.25) is 4.79 Å². The van der Waals surface area contributed by atoms with Crippen molar-refractivity contribution < 1.29 is 9.53 Å². The minimum absolute atomic E-state index is 0.0357. The molecule has 6 nitrogen and oxygen atoms in total. The van der Waals surface area contributed by atoms with E-state index in [1.807, 2.05) is 0 Å². The van der Waals surface area contributed by atoms with Crippen molar-refractivity contribution in [3.8, 4) is 5.75 Å². The fourth-order valence-corrected chi connectivity index (χ4v) is 1.24. The maximum atomic E-state index is 11.5. The minimum atomic E-state index is -0.0357. The number of nitrogens with one attached hydrogen (secondary N) is 1. The molecule has 6 heteroatoms. The second-order valence-electron chi connectivity index (χ2n) is 3.40. The Bertz CT molecular complexity index is 390. The number of amides is 1. The molecule has 1 fully saturated rings. The van der Waals surface area contributed by atoms with Crippen LogP contribution in [-0.2, 0) is 4.79 Å². The second kappa shape index (κ2) is 3.72. The number of hydrogen-bond donors (Lipinski definition) is 2. The Balaban J connectivity index is 2.19. The Labute approximate surface area is 86.9 Å². The van der Waals surface area contributed by atoms with E-state index in [2.05, 4.69) is 15.3 Å². The molecule has 0 spiro atoms. The molecule has 0 aromatic carbocycles. The summed E-state index contributed by atoms with van der Waals surface area (Å²) in [6.07, 6.45) is 3.17. The van der Waals surface area contributed by atoms with E-state index in [1.54, 1.807) is 0 Å². The SMILES string of the molecule is COc1c(N)ncnc1NC(=O)C1CC1. The summed E-state index contributed by atoms with van der Waals surface area (Å²) >= 11 is 0. The van der Waals surface area contributed by atoms with Crippen LogP contribution in [0, 0.1) is 5.92 Å². The molecule has 3 N–H and O–H groups in total. The molecule has 1 aromatic rings. The van der Waals surface area contributed by atoms with Crippen molar-refractivity contribution >= 4 is 17.5 Å². The van der Waals surface area contributed by atoms with Crippen LogP contribution in [0.25, 0.3) is 0 Å². The zero-order valence-electron chi connectivity index (χ0n) is 8.36. The van der Waals surface area contributed by atoms with Gasteiger partial charge in [-0.15, -0.1) is 0 Å². The molecule has 0 saturated heterocycles. The van der Waals surface area contributed by atoms with Crippen molar-refractivity contribution in [2.24, 2.45) is 5.92 Å². The maximum absolute atomic E-state index is 11.5. The smallest absolute Gasteiger partial charge is 0.228 e. The zero-order chi connectivity index (χ0) is 10.8. The number of carbonyl (C=O) groups is 1. The lowest BCUT2D eigenvalue weighted by Gasteiger charge is -2.09. The summed E-state index contributed by atoms with van der Waals surface area (Å²) in [4.78, 5) is 19.2. The quantitative estimate of drug-likeness (QED) is 0.751. The van der Waals surface area contributed by atoms with Gasteiger partial charge in [0.2, 0.25) is 11.7 Å². The number of anilines is 2. The summed E-state index contributed by atoms with van der Waals surface area (Å²) in [5.74, 6) is 0.948. The van der Waals surface area contributed by atoms with E-state index in [9.17, 15) is 4.79 Å². The van der Waals surface area contributed by atoms with Crippen LogP contribution in [0.1, 0.15) is 12.8 Å². The average Bonchev–Trinajstić information content (AvgIpc) is 3.01. The van der Waals surface area contributed by atoms with Crippen molar-refractivity contribution in [1.82, 2.24) is 9.97 Å². The Morgan fingerprint density at radius 1 is 1.60 bits per heavy atom. The van der Waals surface area contributed by atoms with Crippen LogP contribution in [0.15, 0.2) is 6.33 Å². The summed E-state index contributed by atoms with van der Waals surface area (Å²) in [5.41, 5.74) is 5.57. The number of nitrogens with two attached hydrogens (primary N) is 1. The lowest BCUT2D eigenvalue weighted by Crippen LogP contribution is -2.16. The first-order chi connectivity index (χ1) is 7.22. The molecule has 0 radical (unpaired) electrons. The molecule has 0 unspecified atom stereocenters. The highest BCUT2D eigenvalue weighted by Crippen LogP contribution is 2.32. The normalized spacial score (nSPS) is 14.7. The third kappa shape index (κ3) is 1.98. The van der Waals surface area contributed by atoms with Gasteiger partial charge in [0.1, 0.15) is 6.33 Å². The van der Waals surface area contributed by atoms with Gasteiger partial charge in [0.05, 0.1) is 7.11 Å². The molecule has 1 heterocycles. The van der Waals surface area contributed by atoms with Crippen LogP contribution in [0.5, 0.6) is 5.75 Å². The molecule has 80 valence electrons. The van der Waals surface area contributed by atoms with E-state index in [1.165, 1.54) is 13.4 Å². The highest BCUT2D eigenvalue weighted by molar-refractivity contribution is 5.94. The molecular weight excluding hydrogens is 196 g/mol. The van der Waals surface area contributed by atoms with Crippen LogP contribution in [0.2, 0.25) is 0 Å². The van der Waals surface area contributed by atoms with Crippen LogP contribution in [0.3, 0.4) is 0 Å². The van der Waals surface area contributed by atoms with Gasteiger partial charge < -0.3 is 15.8 Å². The van der Waals surface area contributed by atoms with Crippen molar-refractivity contribution in [2.75, 3.05) is 18.2 Å². The summed E-state index contributed by atoms with van der Waals surface area (Å²) in [6, 6.07) is 0. The Hall–Kier alpha value is -1.85. The molecule has 15 heavy (non-hydrogen) atoms. The summed E-state index contributed by atoms with van der Waals surface area (Å²) in [5, 5.41) is 2.67. The summed E-state index contributed by atoms with van der Waals surface area (Å²) < 4.78 is 5.01. The third-order valence-corrected chi connectivity index (χ3v) is 2.23. The van der Waals surface area contributed by atoms with E-state index < -0.39 is 0 Å². The van der Waals surface area contributed by atoms with Crippen molar-refractivity contribution in [2.45, 2.75) is 12.8 Å². The summed E-state index contributed by atoms with van der Waals surface area (Å²) in [6.45, 7) is 0. The van der Waals surface area contributed by atoms with Crippen molar-refractivity contribution in [3.05, 3.63) is 6.33 Å². The molecule has 0 bridgehead atoms. The van der Waals surface area contributed by atoms with E-state index in [0.717, 1.165) is 12.8 Å². The largest absolute Gasteiger partial charge is 0.490 e. The van der Waals surface area contributed by atoms with Gasteiger partial charge in [0.15, 0.2) is 11.6 Å². The highest BCUT2D eigenvalue weighted by atomic mass is 16.5. The predicted molar refractivity (Wildman–Crippen MR) is 54.4 cm³/mol. The van der Waals surface area contributed by atoms with Gasteiger partial charge >= 0.3 is 0 Å². The first kappa shape index (κ1) is 9.70. The number of nitrogens with zero attached hydrogens (tertiary/aromatic N) is 2. The fourth-order valence-electron chi connectivity index (χ4n) is 1.24. The number of rotatable bonds is 3. The third-order valence-electron chi connectivity index (χ3n) is 2.23. The molecule has 1 aliphatic rings.